The van der Waals surface area contributed by atoms with Crippen molar-refractivity contribution in [3.8, 4) is 0 Å². The van der Waals surface area contributed by atoms with E-state index in [1.807, 2.05) is 0 Å². The van der Waals surface area contributed by atoms with Crippen molar-refractivity contribution in [2.45, 2.75) is 6.42 Å². The predicted octanol–water partition coefficient (Wildman–Crippen LogP) is 0.658. The van der Waals surface area contributed by atoms with E-state index < -0.39 is 11.4 Å². The molecular formula is C7H12ClNO2. The molecule has 1 aliphatic heterocycles. The number of allylic oxidation sites excluding steroid dienone is 1. The van der Waals surface area contributed by atoms with Crippen LogP contribution in [0.2, 0.25) is 0 Å². The molecule has 1 fully saturated rings. The number of aliphatic carboxylic acids is 1. The molecule has 0 unspecified atom stereocenters. The Morgan fingerprint density at radius 3 is 2.36 bits per heavy atom. The average molecular weight is 178 g/mol. The third-order valence-corrected chi connectivity index (χ3v) is 1.92. The maximum atomic E-state index is 10.6. The van der Waals surface area contributed by atoms with Crippen molar-refractivity contribution in [2.75, 3.05) is 13.1 Å². The number of halogens is 1. The van der Waals surface area contributed by atoms with Crippen LogP contribution in [0.1, 0.15) is 6.42 Å². The van der Waals surface area contributed by atoms with Gasteiger partial charge in [-0.1, -0.05) is 6.08 Å². The van der Waals surface area contributed by atoms with Gasteiger partial charge >= 0.3 is 5.97 Å². The summed E-state index contributed by atoms with van der Waals surface area (Å²) in [5, 5.41) is 11.7. The summed E-state index contributed by atoms with van der Waals surface area (Å²) in [6.07, 6.45) is 2.23. The Morgan fingerprint density at radius 1 is 1.73 bits per heavy atom. The SMILES string of the molecule is C=CCC1(C(=O)O)CNC1.Cl. The maximum absolute atomic E-state index is 10.6. The molecule has 0 aromatic rings. The van der Waals surface area contributed by atoms with E-state index in [1.165, 1.54) is 0 Å². The standard InChI is InChI=1S/C7H11NO2.ClH/c1-2-3-7(6(9)10)4-8-5-7;/h2,8H,1,3-5H2,(H,9,10);1H. The molecule has 0 radical (unpaired) electrons. The summed E-state index contributed by atoms with van der Waals surface area (Å²) in [6.45, 7) is 4.67. The molecule has 0 bridgehead atoms. The van der Waals surface area contributed by atoms with Crippen molar-refractivity contribution in [3.63, 3.8) is 0 Å². The van der Waals surface area contributed by atoms with E-state index in [0.717, 1.165) is 0 Å². The van der Waals surface area contributed by atoms with Crippen LogP contribution in [0.5, 0.6) is 0 Å². The van der Waals surface area contributed by atoms with Crippen LogP contribution in [0.3, 0.4) is 0 Å². The van der Waals surface area contributed by atoms with Crippen molar-refractivity contribution in [1.29, 1.82) is 0 Å². The van der Waals surface area contributed by atoms with Crippen LogP contribution in [-0.4, -0.2) is 24.2 Å². The zero-order chi connectivity index (χ0) is 7.61. The lowest BCUT2D eigenvalue weighted by atomic mass is 9.79. The van der Waals surface area contributed by atoms with Crippen molar-refractivity contribution < 1.29 is 9.90 Å². The van der Waals surface area contributed by atoms with Gasteiger partial charge in [-0.15, -0.1) is 19.0 Å². The van der Waals surface area contributed by atoms with Gasteiger partial charge < -0.3 is 10.4 Å². The first kappa shape index (κ1) is 10.5. The molecule has 0 spiro atoms. The Balaban J connectivity index is 0.000001000. The molecule has 11 heavy (non-hydrogen) atoms. The Labute approximate surface area is 71.9 Å². The van der Waals surface area contributed by atoms with E-state index in [1.54, 1.807) is 6.08 Å². The summed E-state index contributed by atoms with van der Waals surface area (Å²) < 4.78 is 0. The fourth-order valence-electron chi connectivity index (χ4n) is 1.09. The molecule has 1 rings (SSSR count). The highest BCUT2D eigenvalue weighted by atomic mass is 35.5. The predicted molar refractivity (Wildman–Crippen MR) is 45.0 cm³/mol. The monoisotopic (exact) mass is 177 g/mol. The summed E-state index contributed by atoms with van der Waals surface area (Å²) in [5.74, 6) is -0.717. The number of hydrogen-bond donors (Lipinski definition) is 2. The van der Waals surface area contributed by atoms with Crippen LogP contribution in [0.25, 0.3) is 0 Å². The number of hydrogen-bond acceptors (Lipinski definition) is 2. The molecule has 0 saturated carbocycles. The Bertz CT molecular complexity index is 166. The number of nitrogens with one attached hydrogen (secondary N) is 1. The summed E-state index contributed by atoms with van der Waals surface area (Å²) in [7, 11) is 0. The highest BCUT2D eigenvalue weighted by Crippen LogP contribution is 2.27. The van der Waals surface area contributed by atoms with Crippen LogP contribution in [0.4, 0.5) is 0 Å². The van der Waals surface area contributed by atoms with Gasteiger partial charge in [0.25, 0.3) is 0 Å². The van der Waals surface area contributed by atoms with Gasteiger partial charge in [-0.3, -0.25) is 4.79 Å². The number of rotatable bonds is 3. The van der Waals surface area contributed by atoms with E-state index in [9.17, 15) is 4.79 Å². The van der Waals surface area contributed by atoms with Gasteiger partial charge in [0.1, 0.15) is 0 Å². The van der Waals surface area contributed by atoms with Gasteiger partial charge in [-0.25, -0.2) is 0 Å². The molecule has 1 heterocycles. The van der Waals surface area contributed by atoms with Crippen molar-refractivity contribution in [1.82, 2.24) is 5.32 Å². The lowest BCUT2D eigenvalue weighted by Crippen LogP contribution is -2.57. The fraction of sp³-hybridized carbons (Fsp3) is 0.571. The van der Waals surface area contributed by atoms with Crippen LogP contribution >= 0.6 is 12.4 Å². The zero-order valence-electron chi connectivity index (χ0n) is 6.17. The van der Waals surface area contributed by atoms with Crippen molar-refractivity contribution in [2.24, 2.45) is 5.41 Å². The molecule has 0 atom stereocenters. The van der Waals surface area contributed by atoms with Gasteiger partial charge in [0.05, 0.1) is 5.41 Å². The average Bonchev–Trinajstić information content (AvgIpc) is 1.77. The van der Waals surface area contributed by atoms with Gasteiger partial charge in [0.15, 0.2) is 0 Å². The van der Waals surface area contributed by atoms with Crippen molar-refractivity contribution >= 4 is 18.4 Å². The minimum absolute atomic E-state index is 0. The summed E-state index contributed by atoms with van der Waals surface area (Å²) in [6, 6.07) is 0. The van der Waals surface area contributed by atoms with Crippen LogP contribution in [-0.2, 0) is 4.79 Å². The highest BCUT2D eigenvalue weighted by Gasteiger charge is 2.43. The van der Waals surface area contributed by atoms with E-state index in [-0.39, 0.29) is 12.4 Å². The molecule has 3 nitrogen and oxygen atoms in total. The molecule has 1 saturated heterocycles. The second-order valence-corrected chi connectivity index (χ2v) is 2.68. The highest BCUT2D eigenvalue weighted by molar-refractivity contribution is 5.85. The van der Waals surface area contributed by atoms with Crippen molar-refractivity contribution in [3.05, 3.63) is 12.7 Å². The first-order valence-corrected chi connectivity index (χ1v) is 3.26. The molecule has 0 aromatic carbocycles. The first-order valence-electron chi connectivity index (χ1n) is 3.26. The lowest BCUT2D eigenvalue weighted by Gasteiger charge is -2.37. The number of carbonyl (C=O) groups is 1. The van der Waals surface area contributed by atoms with Gasteiger partial charge in [-0.05, 0) is 6.42 Å². The first-order chi connectivity index (χ1) is 4.71. The molecule has 4 heteroatoms. The molecular weight excluding hydrogens is 166 g/mol. The van der Waals surface area contributed by atoms with Crippen LogP contribution < -0.4 is 5.32 Å². The van der Waals surface area contributed by atoms with E-state index >= 15 is 0 Å². The van der Waals surface area contributed by atoms with Gasteiger partial charge in [-0.2, -0.15) is 0 Å². The molecule has 0 amide bonds. The van der Waals surface area contributed by atoms with Gasteiger partial charge in [0, 0.05) is 13.1 Å². The third-order valence-electron chi connectivity index (χ3n) is 1.92. The molecule has 64 valence electrons. The second-order valence-electron chi connectivity index (χ2n) is 2.68. The van der Waals surface area contributed by atoms with Crippen LogP contribution in [0, 0.1) is 5.41 Å². The summed E-state index contributed by atoms with van der Waals surface area (Å²) in [5.41, 5.74) is -0.540. The number of carboxylic acid groups (broad SMARTS) is 1. The second kappa shape index (κ2) is 3.74. The smallest absolute Gasteiger partial charge is 0.312 e. The molecule has 0 aliphatic carbocycles. The van der Waals surface area contributed by atoms with E-state index in [4.69, 9.17) is 5.11 Å². The largest absolute Gasteiger partial charge is 0.481 e. The normalized spacial score (nSPS) is 19.3. The number of carboxylic acids is 1. The summed E-state index contributed by atoms with van der Waals surface area (Å²) in [4.78, 5) is 10.6. The zero-order valence-corrected chi connectivity index (χ0v) is 6.99. The molecule has 1 aliphatic rings. The lowest BCUT2D eigenvalue weighted by molar-refractivity contribution is -0.151. The molecule has 0 aromatic heterocycles. The fourth-order valence-corrected chi connectivity index (χ4v) is 1.09. The Morgan fingerprint density at radius 2 is 2.27 bits per heavy atom. The minimum atomic E-state index is -0.717. The topological polar surface area (TPSA) is 49.3 Å². The Kier molecular flexibility index (Phi) is 3.55. The van der Waals surface area contributed by atoms with Gasteiger partial charge in [0.2, 0.25) is 0 Å². The molecule has 2 N–H and O–H groups in total. The Hall–Kier alpha value is -0.540. The quantitative estimate of drug-likeness (QED) is 0.623. The van der Waals surface area contributed by atoms with E-state index in [0.29, 0.717) is 19.5 Å². The maximum Gasteiger partial charge on any atom is 0.312 e. The third kappa shape index (κ3) is 1.73. The minimum Gasteiger partial charge on any atom is -0.481 e. The van der Waals surface area contributed by atoms with E-state index in [2.05, 4.69) is 11.9 Å². The van der Waals surface area contributed by atoms with Crippen LogP contribution in [0.15, 0.2) is 12.7 Å². The summed E-state index contributed by atoms with van der Waals surface area (Å²) >= 11 is 0.